The van der Waals surface area contributed by atoms with Gasteiger partial charge in [-0.2, -0.15) is 0 Å². The molecule has 3 rings (SSSR count). The van der Waals surface area contributed by atoms with Gasteiger partial charge < -0.3 is 15.1 Å². The maximum atomic E-state index is 5.90. The van der Waals surface area contributed by atoms with Gasteiger partial charge in [-0.25, -0.2) is 0 Å². The summed E-state index contributed by atoms with van der Waals surface area (Å²) in [5, 5.41) is 1.21. The summed E-state index contributed by atoms with van der Waals surface area (Å²) >= 11 is 0. The Morgan fingerprint density at radius 1 is 1.29 bits per heavy atom. The highest BCUT2D eigenvalue weighted by atomic mass is 16.3. The number of piperazine rings is 1. The Morgan fingerprint density at radius 2 is 2.10 bits per heavy atom. The molecule has 0 saturated carbocycles. The number of nitrogens with two attached hydrogens (primary N) is 1. The van der Waals surface area contributed by atoms with Crippen molar-refractivity contribution in [3.05, 3.63) is 35.6 Å². The van der Waals surface area contributed by atoms with E-state index in [1.165, 1.54) is 17.4 Å². The van der Waals surface area contributed by atoms with Crippen molar-refractivity contribution in [2.75, 3.05) is 26.7 Å². The quantitative estimate of drug-likeness (QED) is 0.938. The number of hydrogen-bond donors (Lipinski definition) is 1. The smallest absolute Gasteiger partial charge is 0.134 e. The molecule has 1 aromatic carbocycles. The zero-order valence-electron chi connectivity index (χ0n) is 13.0. The lowest BCUT2D eigenvalue weighted by atomic mass is 10.1. The highest BCUT2D eigenvalue weighted by Crippen LogP contribution is 2.27. The van der Waals surface area contributed by atoms with Gasteiger partial charge in [-0.3, -0.25) is 4.90 Å². The predicted molar refractivity (Wildman–Crippen MR) is 86.1 cm³/mol. The van der Waals surface area contributed by atoms with Gasteiger partial charge in [0.1, 0.15) is 11.3 Å². The normalized spacial score (nSPS) is 21.2. The number of likely N-dealkylation sites (N-methyl/N-ethyl adjacent to an activating group) is 1. The van der Waals surface area contributed by atoms with Crippen molar-refractivity contribution in [3.63, 3.8) is 0 Å². The molecule has 4 heteroatoms. The first-order valence-corrected chi connectivity index (χ1v) is 7.84. The molecule has 1 atom stereocenters. The fourth-order valence-electron chi connectivity index (χ4n) is 3.31. The largest absolute Gasteiger partial charge is 0.459 e. The number of benzene rings is 1. The van der Waals surface area contributed by atoms with E-state index in [4.69, 9.17) is 10.2 Å². The minimum Gasteiger partial charge on any atom is -0.459 e. The number of furan rings is 1. The average molecular weight is 287 g/mol. The fourth-order valence-corrected chi connectivity index (χ4v) is 3.31. The van der Waals surface area contributed by atoms with E-state index in [-0.39, 0.29) is 0 Å². The molecule has 4 nitrogen and oxygen atoms in total. The number of hydrogen-bond acceptors (Lipinski definition) is 4. The Balaban J connectivity index is 1.84. The molecule has 0 radical (unpaired) electrons. The van der Waals surface area contributed by atoms with E-state index in [0.29, 0.717) is 12.6 Å². The monoisotopic (exact) mass is 287 g/mol. The molecule has 1 aromatic heterocycles. The number of rotatable bonds is 4. The van der Waals surface area contributed by atoms with E-state index < -0.39 is 0 Å². The van der Waals surface area contributed by atoms with Gasteiger partial charge >= 0.3 is 0 Å². The molecule has 2 aromatic rings. The topological polar surface area (TPSA) is 45.6 Å². The molecule has 1 aliphatic heterocycles. The Labute approximate surface area is 126 Å². The first-order valence-electron chi connectivity index (χ1n) is 7.84. The van der Waals surface area contributed by atoms with Crippen molar-refractivity contribution < 1.29 is 4.42 Å². The second kappa shape index (κ2) is 6.18. The highest BCUT2D eigenvalue weighted by Gasteiger charge is 2.24. The van der Waals surface area contributed by atoms with Gasteiger partial charge in [0, 0.05) is 43.2 Å². The van der Waals surface area contributed by atoms with Crippen LogP contribution in [0.5, 0.6) is 0 Å². The van der Waals surface area contributed by atoms with Crippen molar-refractivity contribution in [1.82, 2.24) is 9.80 Å². The maximum absolute atomic E-state index is 5.90. The molecule has 1 saturated heterocycles. The van der Waals surface area contributed by atoms with Gasteiger partial charge in [0.05, 0.1) is 6.54 Å². The summed E-state index contributed by atoms with van der Waals surface area (Å²) in [7, 11) is 2.23. The number of fused-ring (bicyclic) bond motifs is 1. The molecule has 0 spiro atoms. The SMILES string of the molecule is CCC1CN(Cc2c(CN)oc3ccccc23)CCN1C. The summed E-state index contributed by atoms with van der Waals surface area (Å²) in [5.41, 5.74) is 8.10. The van der Waals surface area contributed by atoms with Gasteiger partial charge in [-0.1, -0.05) is 25.1 Å². The van der Waals surface area contributed by atoms with Crippen LogP contribution >= 0.6 is 0 Å². The summed E-state index contributed by atoms with van der Waals surface area (Å²) in [6.07, 6.45) is 1.20. The van der Waals surface area contributed by atoms with E-state index in [2.05, 4.69) is 35.9 Å². The van der Waals surface area contributed by atoms with Crippen molar-refractivity contribution in [3.8, 4) is 0 Å². The molecule has 2 heterocycles. The number of nitrogens with zero attached hydrogens (tertiary/aromatic N) is 2. The van der Waals surface area contributed by atoms with Crippen LogP contribution in [0.3, 0.4) is 0 Å². The van der Waals surface area contributed by atoms with Crippen LogP contribution in [0.2, 0.25) is 0 Å². The predicted octanol–water partition coefficient (Wildman–Crippen LogP) is 2.42. The van der Waals surface area contributed by atoms with Gasteiger partial charge in [0.25, 0.3) is 0 Å². The third-order valence-electron chi connectivity index (χ3n) is 4.68. The standard InChI is InChI=1S/C17H25N3O/c1-3-13-11-20(9-8-19(13)2)12-15-14-6-4-5-7-16(14)21-17(15)10-18/h4-7,13H,3,8-12,18H2,1-2H3. The first-order chi connectivity index (χ1) is 10.2. The third-order valence-corrected chi connectivity index (χ3v) is 4.68. The zero-order chi connectivity index (χ0) is 14.8. The lowest BCUT2D eigenvalue weighted by Crippen LogP contribution is -2.50. The number of para-hydroxylation sites is 1. The van der Waals surface area contributed by atoms with E-state index in [1.54, 1.807) is 0 Å². The zero-order valence-corrected chi connectivity index (χ0v) is 13.0. The molecular weight excluding hydrogens is 262 g/mol. The van der Waals surface area contributed by atoms with Crippen LogP contribution in [0.25, 0.3) is 11.0 Å². The van der Waals surface area contributed by atoms with Crippen molar-refractivity contribution >= 4 is 11.0 Å². The summed E-state index contributed by atoms with van der Waals surface area (Å²) in [6.45, 7) is 7.03. The van der Waals surface area contributed by atoms with Crippen LogP contribution in [0.15, 0.2) is 28.7 Å². The van der Waals surface area contributed by atoms with Crippen LogP contribution in [-0.4, -0.2) is 42.5 Å². The Bertz CT molecular complexity index is 607. The summed E-state index contributed by atoms with van der Waals surface area (Å²) in [5.74, 6) is 0.933. The second-order valence-corrected chi connectivity index (χ2v) is 5.98. The van der Waals surface area contributed by atoms with E-state index >= 15 is 0 Å². The third kappa shape index (κ3) is 2.84. The maximum Gasteiger partial charge on any atom is 0.134 e. The van der Waals surface area contributed by atoms with Gasteiger partial charge in [-0.15, -0.1) is 0 Å². The van der Waals surface area contributed by atoms with Crippen molar-refractivity contribution in [2.24, 2.45) is 5.73 Å². The van der Waals surface area contributed by atoms with Gasteiger partial charge in [0.2, 0.25) is 0 Å². The van der Waals surface area contributed by atoms with Crippen LogP contribution in [-0.2, 0) is 13.1 Å². The molecule has 21 heavy (non-hydrogen) atoms. The molecule has 0 amide bonds. The molecule has 1 aliphatic rings. The average Bonchev–Trinajstić information content (AvgIpc) is 2.87. The molecule has 1 unspecified atom stereocenters. The highest BCUT2D eigenvalue weighted by molar-refractivity contribution is 5.82. The van der Waals surface area contributed by atoms with Crippen LogP contribution in [0, 0.1) is 0 Å². The van der Waals surface area contributed by atoms with E-state index in [0.717, 1.165) is 37.5 Å². The Kier molecular flexibility index (Phi) is 4.29. The molecule has 0 bridgehead atoms. The molecule has 114 valence electrons. The van der Waals surface area contributed by atoms with Crippen molar-refractivity contribution in [1.29, 1.82) is 0 Å². The summed E-state index contributed by atoms with van der Waals surface area (Å²) < 4.78 is 5.90. The van der Waals surface area contributed by atoms with E-state index in [1.807, 2.05) is 12.1 Å². The minimum absolute atomic E-state index is 0.467. The summed E-state index contributed by atoms with van der Waals surface area (Å²) in [4.78, 5) is 5.00. The second-order valence-electron chi connectivity index (χ2n) is 5.98. The van der Waals surface area contributed by atoms with Crippen LogP contribution < -0.4 is 5.73 Å². The fraction of sp³-hybridized carbons (Fsp3) is 0.529. The lowest BCUT2D eigenvalue weighted by Gasteiger charge is -2.39. The molecule has 0 aliphatic carbocycles. The summed E-state index contributed by atoms with van der Waals surface area (Å²) in [6, 6.07) is 8.90. The van der Waals surface area contributed by atoms with Gasteiger partial charge in [0.15, 0.2) is 0 Å². The first kappa shape index (κ1) is 14.6. The van der Waals surface area contributed by atoms with Gasteiger partial charge in [-0.05, 0) is 19.5 Å². The minimum atomic E-state index is 0.467. The lowest BCUT2D eigenvalue weighted by molar-refractivity contribution is 0.0882. The molecule has 2 N–H and O–H groups in total. The van der Waals surface area contributed by atoms with Crippen LogP contribution in [0.1, 0.15) is 24.7 Å². The Morgan fingerprint density at radius 3 is 2.86 bits per heavy atom. The van der Waals surface area contributed by atoms with Crippen LogP contribution in [0.4, 0.5) is 0 Å². The molecular formula is C17H25N3O. The Hall–Kier alpha value is -1.36. The van der Waals surface area contributed by atoms with E-state index in [9.17, 15) is 0 Å². The molecule has 1 fully saturated rings. The van der Waals surface area contributed by atoms with Crippen molar-refractivity contribution in [2.45, 2.75) is 32.5 Å².